The zero-order valence-corrected chi connectivity index (χ0v) is 23.6. The summed E-state index contributed by atoms with van der Waals surface area (Å²) in [7, 11) is -1.54. The Balaban J connectivity index is 1.57. The van der Waals surface area contributed by atoms with Gasteiger partial charge >= 0.3 is 0 Å². The van der Waals surface area contributed by atoms with Crippen molar-refractivity contribution in [2.45, 2.75) is 130 Å². The molecule has 4 heteroatoms. The molecule has 2 aliphatic rings. The number of aryl methyl sites for hydroxylation is 1. The summed E-state index contributed by atoms with van der Waals surface area (Å²) >= 11 is 1.79. The van der Waals surface area contributed by atoms with E-state index in [0.717, 1.165) is 41.9 Å². The van der Waals surface area contributed by atoms with Crippen LogP contribution in [-0.2, 0) is 10.8 Å². The standard InChI is InChI=1S/C28H50O2SSi/c1-7-22-16-19-27(31-22)25(29)14-11-13-21(5)23-17-18-24-26(15-12-20-28(23,24)6)30-32(8-2,9-3)10-4/h16,19,21,23-26,29H,7-15,17-18,20H2,1-6H3/t21-,23-,24+,25?,26?,28-/m1/s1. The van der Waals surface area contributed by atoms with Crippen molar-refractivity contribution in [3.8, 4) is 0 Å². The number of hydrogen-bond donors (Lipinski definition) is 1. The first-order valence-electron chi connectivity index (χ1n) is 13.8. The maximum Gasteiger partial charge on any atom is 0.192 e. The summed E-state index contributed by atoms with van der Waals surface area (Å²) in [6, 6.07) is 8.12. The highest BCUT2D eigenvalue weighted by Gasteiger charge is 2.53. The molecule has 0 spiro atoms. The fourth-order valence-corrected chi connectivity index (χ4v) is 11.2. The van der Waals surface area contributed by atoms with Gasteiger partial charge in [-0.15, -0.1) is 11.3 Å². The number of aliphatic hydroxyl groups excluding tert-OH is 1. The average molecular weight is 479 g/mol. The smallest absolute Gasteiger partial charge is 0.192 e. The van der Waals surface area contributed by atoms with Crippen molar-refractivity contribution in [2.24, 2.45) is 23.2 Å². The second kappa shape index (κ2) is 11.5. The minimum atomic E-state index is -1.54. The van der Waals surface area contributed by atoms with Crippen molar-refractivity contribution in [1.29, 1.82) is 0 Å². The van der Waals surface area contributed by atoms with Crippen LogP contribution in [-0.4, -0.2) is 19.5 Å². The third-order valence-electron chi connectivity index (χ3n) is 9.65. The van der Waals surface area contributed by atoms with E-state index in [1.807, 2.05) is 0 Å². The Morgan fingerprint density at radius 2 is 1.81 bits per heavy atom. The molecule has 2 nitrogen and oxygen atoms in total. The summed E-state index contributed by atoms with van der Waals surface area (Å²) in [5.74, 6) is 2.34. The highest BCUT2D eigenvalue weighted by Crippen LogP contribution is 2.59. The quantitative estimate of drug-likeness (QED) is 0.304. The van der Waals surface area contributed by atoms with Crippen molar-refractivity contribution >= 4 is 19.7 Å². The molecule has 6 atom stereocenters. The molecule has 1 aromatic heterocycles. The van der Waals surface area contributed by atoms with Gasteiger partial charge in [-0.25, -0.2) is 0 Å². The molecule has 1 aromatic rings. The molecule has 2 unspecified atom stereocenters. The lowest BCUT2D eigenvalue weighted by molar-refractivity contribution is -0.0205. The summed E-state index contributed by atoms with van der Waals surface area (Å²) in [6.07, 6.45) is 11.4. The zero-order valence-electron chi connectivity index (χ0n) is 21.8. The van der Waals surface area contributed by atoms with E-state index in [1.54, 1.807) is 11.3 Å². The normalized spacial score (nSPS) is 30.3. The zero-order chi connectivity index (χ0) is 23.4. The van der Waals surface area contributed by atoms with Gasteiger partial charge in [0, 0.05) is 15.9 Å². The van der Waals surface area contributed by atoms with Gasteiger partial charge in [0.05, 0.1) is 6.10 Å². The fourth-order valence-electron chi connectivity index (χ4n) is 7.30. The molecule has 0 aromatic carbocycles. The Morgan fingerprint density at radius 1 is 1.09 bits per heavy atom. The van der Waals surface area contributed by atoms with Gasteiger partial charge in [0.15, 0.2) is 8.32 Å². The lowest BCUT2D eigenvalue weighted by Gasteiger charge is -2.49. The van der Waals surface area contributed by atoms with E-state index < -0.39 is 8.32 Å². The van der Waals surface area contributed by atoms with Gasteiger partial charge in [0.1, 0.15) is 0 Å². The highest BCUT2D eigenvalue weighted by atomic mass is 32.1. The Hall–Kier alpha value is -0.163. The number of aliphatic hydroxyl groups is 1. The average Bonchev–Trinajstić information content (AvgIpc) is 3.42. The van der Waals surface area contributed by atoms with Crippen molar-refractivity contribution in [3.05, 3.63) is 21.9 Å². The lowest BCUT2D eigenvalue weighted by Crippen LogP contribution is -2.48. The Morgan fingerprint density at radius 3 is 2.44 bits per heavy atom. The van der Waals surface area contributed by atoms with Crippen molar-refractivity contribution < 1.29 is 9.53 Å². The molecule has 2 fully saturated rings. The van der Waals surface area contributed by atoms with Gasteiger partial charge in [0.25, 0.3) is 0 Å². The number of fused-ring (bicyclic) bond motifs is 1. The molecule has 2 saturated carbocycles. The molecule has 2 aliphatic carbocycles. The van der Waals surface area contributed by atoms with Gasteiger partial charge in [-0.05, 0) is 92.0 Å². The molecule has 32 heavy (non-hydrogen) atoms. The predicted octanol–water partition coefficient (Wildman–Crippen LogP) is 8.76. The minimum Gasteiger partial charge on any atom is -0.414 e. The highest BCUT2D eigenvalue weighted by molar-refractivity contribution is 7.12. The number of hydrogen-bond acceptors (Lipinski definition) is 3. The lowest BCUT2D eigenvalue weighted by atomic mass is 9.61. The molecule has 184 valence electrons. The van der Waals surface area contributed by atoms with Crippen LogP contribution in [0, 0.1) is 23.2 Å². The van der Waals surface area contributed by atoms with Crippen LogP contribution in [0.3, 0.4) is 0 Å². The molecule has 0 amide bonds. The van der Waals surface area contributed by atoms with Gasteiger partial charge in [0.2, 0.25) is 0 Å². The Kier molecular flexibility index (Phi) is 9.51. The summed E-state index contributed by atoms with van der Waals surface area (Å²) in [4.78, 5) is 2.54. The van der Waals surface area contributed by atoms with Gasteiger partial charge in [-0.2, -0.15) is 0 Å². The van der Waals surface area contributed by atoms with Crippen LogP contribution < -0.4 is 0 Å². The molecule has 0 bridgehead atoms. The molecular weight excluding hydrogens is 428 g/mol. The van der Waals surface area contributed by atoms with Crippen LogP contribution in [0.4, 0.5) is 0 Å². The van der Waals surface area contributed by atoms with Gasteiger partial charge in [-0.3, -0.25) is 0 Å². The largest absolute Gasteiger partial charge is 0.414 e. The molecule has 0 aliphatic heterocycles. The van der Waals surface area contributed by atoms with Crippen LogP contribution in [0.15, 0.2) is 12.1 Å². The van der Waals surface area contributed by atoms with Crippen LogP contribution in [0.1, 0.15) is 109 Å². The molecule has 3 rings (SSSR count). The molecule has 0 saturated heterocycles. The monoisotopic (exact) mass is 478 g/mol. The van der Waals surface area contributed by atoms with E-state index in [0.29, 0.717) is 11.5 Å². The molecule has 1 heterocycles. The van der Waals surface area contributed by atoms with Crippen LogP contribution >= 0.6 is 11.3 Å². The SMILES string of the molecule is CCc1ccc(C(O)CCC[C@@H](C)[C@H]2CC[C@H]3C(O[Si](CC)(CC)CC)CCC[C@]23C)s1. The van der Waals surface area contributed by atoms with E-state index in [1.165, 1.54) is 61.5 Å². The Bertz CT molecular complexity index is 691. The van der Waals surface area contributed by atoms with Crippen molar-refractivity contribution in [1.82, 2.24) is 0 Å². The summed E-state index contributed by atoms with van der Waals surface area (Å²) in [6.45, 7) is 14.4. The summed E-state index contributed by atoms with van der Waals surface area (Å²) < 4.78 is 7.11. The van der Waals surface area contributed by atoms with Crippen LogP contribution in [0.5, 0.6) is 0 Å². The van der Waals surface area contributed by atoms with E-state index in [9.17, 15) is 5.11 Å². The first-order chi connectivity index (χ1) is 15.3. The molecule has 0 radical (unpaired) electrons. The Labute approximate surface area is 203 Å². The van der Waals surface area contributed by atoms with E-state index in [-0.39, 0.29) is 6.10 Å². The number of thiophene rings is 1. The number of rotatable bonds is 12. The second-order valence-electron chi connectivity index (χ2n) is 11.2. The van der Waals surface area contributed by atoms with Gasteiger partial charge in [-0.1, -0.05) is 60.8 Å². The third kappa shape index (κ3) is 5.55. The van der Waals surface area contributed by atoms with Crippen LogP contribution in [0.25, 0.3) is 0 Å². The first kappa shape index (κ1) is 26.4. The summed E-state index contributed by atoms with van der Waals surface area (Å²) in [5.41, 5.74) is 0.458. The molecular formula is C28H50O2SSi. The third-order valence-corrected chi connectivity index (χ3v) is 15.7. The topological polar surface area (TPSA) is 29.5 Å². The van der Waals surface area contributed by atoms with Crippen molar-refractivity contribution in [3.63, 3.8) is 0 Å². The van der Waals surface area contributed by atoms with Crippen LogP contribution in [0.2, 0.25) is 18.1 Å². The maximum absolute atomic E-state index is 10.7. The minimum absolute atomic E-state index is 0.276. The van der Waals surface area contributed by atoms with E-state index in [4.69, 9.17) is 4.43 Å². The van der Waals surface area contributed by atoms with Gasteiger partial charge < -0.3 is 9.53 Å². The maximum atomic E-state index is 10.7. The van der Waals surface area contributed by atoms with Crippen molar-refractivity contribution in [2.75, 3.05) is 0 Å². The second-order valence-corrected chi connectivity index (χ2v) is 17.1. The van der Waals surface area contributed by atoms with E-state index >= 15 is 0 Å². The predicted molar refractivity (Wildman–Crippen MR) is 142 cm³/mol. The fraction of sp³-hybridized carbons (Fsp3) is 0.857. The first-order valence-corrected chi connectivity index (χ1v) is 17.1. The van der Waals surface area contributed by atoms with E-state index in [2.05, 4.69) is 53.7 Å². The summed E-state index contributed by atoms with van der Waals surface area (Å²) in [5, 5.41) is 10.7. The molecule has 1 N–H and O–H groups in total.